The number of hydrogen-bond acceptors (Lipinski definition) is 10. The molecule has 0 atom stereocenters. The van der Waals surface area contributed by atoms with Crippen LogP contribution in [0.1, 0.15) is 45.0 Å². The quantitative estimate of drug-likeness (QED) is 0.250. The van der Waals surface area contributed by atoms with Gasteiger partial charge < -0.3 is 25.2 Å². The minimum absolute atomic E-state index is 0.104. The number of aliphatic hydroxyl groups excluding tert-OH is 1. The molecule has 178 valence electrons. The molecule has 0 spiro atoms. The number of non-ortho nitro benzene ring substituents is 1. The third-order valence-electron chi connectivity index (χ3n) is 4.49. The summed E-state index contributed by atoms with van der Waals surface area (Å²) in [7, 11) is 0. The van der Waals surface area contributed by atoms with Gasteiger partial charge in [-0.1, -0.05) is 6.92 Å². The summed E-state index contributed by atoms with van der Waals surface area (Å²) < 4.78 is 10.1. The minimum atomic E-state index is -0.962. The number of carbonyl (C=O) groups excluding carboxylic acids is 3. The molecule has 3 N–H and O–H groups in total. The number of amides is 1. The highest BCUT2D eigenvalue weighted by atomic mass is 32.1. The molecule has 11 nitrogen and oxygen atoms in total. The van der Waals surface area contributed by atoms with E-state index < -0.39 is 29.4 Å². The smallest absolute Gasteiger partial charge is 0.341 e. The van der Waals surface area contributed by atoms with E-state index in [1.54, 1.807) is 13.8 Å². The average Bonchev–Trinajstić information content (AvgIpc) is 3.10. The molecule has 2 aromatic rings. The normalized spacial score (nSPS) is 10.4. The molecule has 1 aromatic carbocycles. The van der Waals surface area contributed by atoms with Crippen LogP contribution >= 0.6 is 11.3 Å². The van der Waals surface area contributed by atoms with Crippen LogP contribution in [-0.2, 0) is 20.7 Å². The second kappa shape index (κ2) is 11.9. The first-order chi connectivity index (χ1) is 15.7. The first-order valence-corrected chi connectivity index (χ1v) is 10.9. The van der Waals surface area contributed by atoms with Crippen LogP contribution in [0, 0.1) is 17.0 Å². The van der Waals surface area contributed by atoms with E-state index in [2.05, 4.69) is 10.6 Å². The SMILES string of the molecule is CCOC(=O)c1c(NC(=O)COC(=O)c2cc([N+](=O)[O-])ccc2NCCO)sc(CC)c1C. The van der Waals surface area contributed by atoms with E-state index >= 15 is 0 Å². The molecule has 0 aliphatic heterocycles. The van der Waals surface area contributed by atoms with Gasteiger partial charge in [0.25, 0.3) is 11.6 Å². The van der Waals surface area contributed by atoms with E-state index in [9.17, 15) is 24.5 Å². The molecular weight excluding hydrogens is 454 g/mol. The molecule has 0 bridgehead atoms. The van der Waals surface area contributed by atoms with Gasteiger partial charge in [0.15, 0.2) is 6.61 Å². The number of esters is 2. The molecule has 0 saturated heterocycles. The van der Waals surface area contributed by atoms with Gasteiger partial charge in [0.2, 0.25) is 0 Å². The van der Waals surface area contributed by atoms with E-state index in [1.165, 1.54) is 23.5 Å². The molecule has 0 unspecified atom stereocenters. The molecule has 1 amide bonds. The first kappa shape index (κ1) is 25.7. The number of nitro groups is 1. The van der Waals surface area contributed by atoms with Gasteiger partial charge in [-0.15, -0.1) is 11.3 Å². The molecule has 0 aliphatic carbocycles. The Labute approximate surface area is 193 Å². The van der Waals surface area contributed by atoms with Gasteiger partial charge in [0.05, 0.1) is 29.3 Å². The predicted octanol–water partition coefficient (Wildman–Crippen LogP) is 2.90. The van der Waals surface area contributed by atoms with Crippen LogP contribution in [-0.4, -0.2) is 54.2 Å². The van der Waals surface area contributed by atoms with Crippen molar-refractivity contribution in [3.63, 3.8) is 0 Å². The largest absolute Gasteiger partial charge is 0.462 e. The standard InChI is InChI=1S/C21H25N3O8S/c1-4-16-12(3)18(21(28)31-5-2)19(33-16)23-17(26)11-32-20(27)14-10-13(24(29)30)6-7-15(14)22-8-9-25/h6-7,10,22,25H,4-5,8-9,11H2,1-3H3,(H,23,26). The number of hydrogen-bond donors (Lipinski definition) is 3. The lowest BCUT2D eigenvalue weighted by atomic mass is 10.1. The zero-order chi connectivity index (χ0) is 24.5. The second-order valence-electron chi connectivity index (χ2n) is 6.69. The fourth-order valence-corrected chi connectivity index (χ4v) is 4.12. The Kier molecular flexibility index (Phi) is 9.30. The summed E-state index contributed by atoms with van der Waals surface area (Å²) in [4.78, 5) is 48.6. The Bertz CT molecular complexity index is 1050. The third-order valence-corrected chi connectivity index (χ3v) is 5.85. The summed E-state index contributed by atoms with van der Waals surface area (Å²) in [6, 6.07) is 3.54. The van der Waals surface area contributed by atoms with Crippen molar-refractivity contribution < 1.29 is 33.9 Å². The monoisotopic (exact) mass is 479 g/mol. The lowest BCUT2D eigenvalue weighted by molar-refractivity contribution is -0.384. The van der Waals surface area contributed by atoms with Crippen molar-refractivity contribution >= 4 is 45.6 Å². The summed E-state index contributed by atoms with van der Waals surface area (Å²) >= 11 is 1.23. The van der Waals surface area contributed by atoms with E-state index in [0.29, 0.717) is 17.0 Å². The number of benzene rings is 1. The van der Waals surface area contributed by atoms with E-state index in [1.807, 2.05) is 6.92 Å². The summed E-state index contributed by atoms with van der Waals surface area (Å²) in [5.41, 5.74) is 0.696. The summed E-state index contributed by atoms with van der Waals surface area (Å²) in [5, 5.41) is 25.7. The van der Waals surface area contributed by atoms with E-state index in [-0.39, 0.29) is 42.3 Å². The van der Waals surface area contributed by atoms with Gasteiger partial charge in [0.1, 0.15) is 5.00 Å². The Morgan fingerprint density at radius 1 is 1.18 bits per heavy atom. The van der Waals surface area contributed by atoms with Gasteiger partial charge in [-0.05, 0) is 31.9 Å². The van der Waals surface area contributed by atoms with Crippen molar-refractivity contribution in [2.24, 2.45) is 0 Å². The molecule has 0 fully saturated rings. The molecule has 0 radical (unpaired) electrons. The van der Waals surface area contributed by atoms with Gasteiger partial charge >= 0.3 is 11.9 Å². The Morgan fingerprint density at radius 3 is 2.52 bits per heavy atom. The maximum absolute atomic E-state index is 12.5. The number of carbonyl (C=O) groups is 3. The zero-order valence-electron chi connectivity index (χ0n) is 18.4. The van der Waals surface area contributed by atoms with Crippen molar-refractivity contribution in [2.75, 3.05) is 37.0 Å². The molecular formula is C21H25N3O8S. The fourth-order valence-electron chi connectivity index (χ4n) is 2.97. The molecule has 0 aliphatic rings. The number of aryl methyl sites for hydroxylation is 1. The number of rotatable bonds is 11. The van der Waals surface area contributed by atoms with Crippen molar-refractivity contribution in [3.8, 4) is 0 Å². The molecule has 2 rings (SSSR count). The molecule has 12 heteroatoms. The number of aliphatic hydroxyl groups is 1. The topological polar surface area (TPSA) is 157 Å². The Hall–Kier alpha value is -3.51. The zero-order valence-corrected chi connectivity index (χ0v) is 19.2. The van der Waals surface area contributed by atoms with Crippen LogP contribution in [0.3, 0.4) is 0 Å². The second-order valence-corrected chi connectivity index (χ2v) is 7.80. The molecule has 0 saturated carbocycles. The van der Waals surface area contributed by atoms with Crippen LogP contribution in [0.2, 0.25) is 0 Å². The number of ether oxygens (including phenoxy) is 2. The van der Waals surface area contributed by atoms with Crippen molar-refractivity contribution in [1.82, 2.24) is 0 Å². The maximum atomic E-state index is 12.5. The minimum Gasteiger partial charge on any atom is -0.462 e. The number of thiophene rings is 1. The highest BCUT2D eigenvalue weighted by Crippen LogP contribution is 2.34. The number of nitro benzene ring substituents is 1. The van der Waals surface area contributed by atoms with Crippen molar-refractivity contribution in [3.05, 3.63) is 49.9 Å². The van der Waals surface area contributed by atoms with Crippen LogP contribution in [0.4, 0.5) is 16.4 Å². The van der Waals surface area contributed by atoms with Gasteiger partial charge in [-0.3, -0.25) is 14.9 Å². The summed E-state index contributed by atoms with van der Waals surface area (Å²) in [5.74, 6) is -2.21. The molecule has 1 aromatic heterocycles. The third kappa shape index (κ3) is 6.49. The lowest BCUT2D eigenvalue weighted by Gasteiger charge is -2.11. The first-order valence-electron chi connectivity index (χ1n) is 10.1. The summed E-state index contributed by atoms with van der Waals surface area (Å²) in [6.45, 7) is 4.74. The van der Waals surface area contributed by atoms with Crippen LogP contribution in [0.15, 0.2) is 18.2 Å². The highest BCUT2D eigenvalue weighted by molar-refractivity contribution is 7.17. The van der Waals surface area contributed by atoms with E-state index in [4.69, 9.17) is 14.6 Å². The molecule has 33 heavy (non-hydrogen) atoms. The van der Waals surface area contributed by atoms with E-state index in [0.717, 1.165) is 10.9 Å². The Morgan fingerprint density at radius 2 is 1.91 bits per heavy atom. The molecule has 1 heterocycles. The van der Waals surface area contributed by atoms with Crippen LogP contribution < -0.4 is 10.6 Å². The van der Waals surface area contributed by atoms with Crippen molar-refractivity contribution in [2.45, 2.75) is 27.2 Å². The highest BCUT2D eigenvalue weighted by Gasteiger charge is 2.24. The van der Waals surface area contributed by atoms with Gasteiger partial charge in [-0.2, -0.15) is 0 Å². The Balaban J connectivity index is 2.16. The average molecular weight is 480 g/mol. The number of nitrogens with one attached hydrogen (secondary N) is 2. The predicted molar refractivity (Wildman–Crippen MR) is 122 cm³/mol. The number of nitrogens with zero attached hydrogens (tertiary/aromatic N) is 1. The van der Waals surface area contributed by atoms with Crippen LogP contribution in [0.25, 0.3) is 0 Å². The maximum Gasteiger partial charge on any atom is 0.341 e. The van der Waals surface area contributed by atoms with Crippen molar-refractivity contribution in [1.29, 1.82) is 0 Å². The van der Waals surface area contributed by atoms with Gasteiger partial charge in [0, 0.05) is 29.2 Å². The fraction of sp³-hybridized carbons (Fsp3) is 0.381. The van der Waals surface area contributed by atoms with Crippen LogP contribution in [0.5, 0.6) is 0 Å². The lowest BCUT2D eigenvalue weighted by Crippen LogP contribution is -2.22. The van der Waals surface area contributed by atoms with Gasteiger partial charge in [-0.25, -0.2) is 9.59 Å². The summed E-state index contributed by atoms with van der Waals surface area (Å²) in [6.07, 6.45) is 0.657. The number of anilines is 2.